The number of ether oxygens (including phenoxy) is 2. The summed E-state index contributed by atoms with van der Waals surface area (Å²) in [5, 5.41) is 3.07. The summed E-state index contributed by atoms with van der Waals surface area (Å²) < 4.78 is 11.1. The molecule has 2 rings (SSSR count). The Morgan fingerprint density at radius 2 is 1.68 bits per heavy atom. The molecule has 1 amide bonds. The van der Waals surface area contributed by atoms with Crippen molar-refractivity contribution in [2.45, 2.75) is 40.7 Å². The largest absolute Gasteiger partial charge is 0.490 e. The van der Waals surface area contributed by atoms with Crippen LogP contribution < -0.4 is 14.8 Å². The minimum Gasteiger partial charge on any atom is -0.490 e. The first-order valence-corrected chi connectivity index (χ1v) is 8.73. The lowest BCUT2D eigenvalue weighted by molar-refractivity contribution is 0.0939. The van der Waals surface area contributed by atoms with E-state index in [9.17, 15) is 4.79 Å². The summed E-state index contributed by atoms with van der Waals surface area (Å²) in [5.74, 6) is 1.12. The Morgan fingerprint density at radius 3 is 2.36 bits per heavy atom. The lowest BCUT2D eigenvalue weighted by Gasteiger charge is -2.18. The first kappa shape index (κ1) is 18.8. The third-order valence-electron chi connectivity index (χ3n) is 4.05. The molecule has 4 nitrogen and oxygen atoms in total. The van der Waals surface area contributed by atoms with Gasteiger partial charge in [0.2, 0.25) is 0 Å². The Hall–Kier alpha value is -2.49. The molecule has 0 saturated heterocycles. The zero-order chi connectivity index (χ0) is 18.4. The van der Waals surface area contributed by atoms with Crippen molar-refractivity contribution in [2.75, 3.05) is 13.2 Å². The van der Waals surface area contributed by atoms with E-state index >= 15 is 0 Å². The quantitative estimate of drug-likeness (QED) is 0.801. The van der Waals surface area contributed by atoms with Crippen molar-refractivity contribution in [3.63, 3.8) is 0 Å². The number of hydrogen-bond acceptors (Lipinski definition) is 3. The average molecular weight is 341 g/mol. The fourth-order valence-corrected chi connectivity index (χ4v) is 2.78. The van der Waals surface area contributed by atoms with Crippen molar-refractivity contribution >= 4 is 5.91 Å². The van der Waals surface area contributed by atoms with Crippen LogP contribution >= 0.6 is 0 Å². The van der Waals surface area contributed by atoms with Gasteiger partial charge in [-0.25, -0.2) is 0 Å². The maximum absolute atomic E-state index is 12.6. The summed E-state index contributed by atoms with van der Waals surface area (Å²) in [6, 6.07) is 11.5. The maximum atomic E-state index is 12.6. The van der Waals surface area contributed by atoms with Gasteiger partial charge in [0.15, 0.2) is 11.5 Å². The molecule has 0 radical (unpaired) electrons. The number of carbonyl (C=O) groups excluding carboxylic acids is 1. The predicted octanol–water partition coefficient (Wildman–Crippen LogP) is 4.59. The number of aryl methyl sites for hydroxylation is 2. The van der Waals surface area contributed by atoms with Gasteiger partial charge >= 0.3 is 0 Å². The van der Waals surface area contributed by atoms with Crippen LogP contribution in [-0.2, 0) is 0 Å². The highest BCUT2D eigenvalue weighted by Crippen LogP contribution is 2.29. The van der Waals surface area contributed by atoms with E-state index in [-0.39, 0.29) is 11.9 Å². The molecule has 2 aromatic rings. The van der Waals surface area contributed by atoms with Crippen LogP contribution in [0.3, 0.4) is 0 Å². The summed E-state index contributed by atoms with van der Waals surface area (Å²) in [7, 11) is 0. The maximum Gasteiger partial charge on any atom is 0.251 e. The van der Waals surface area contributed by atoms with Gasteiger partial charge in [-0.3, -0.25) is 4.79 Å². The highest BCUT2D eigenvalue weighted by Gasteiger charge is 2.15. The van der Waals surface area contributed by atoms with Crippen LogP contribution in [0.15, 0.2) is 36.4 Å². The molecule has 0 unspecified atom stereocenters. The molecule has 4 heteroatoms. The predicted molar refractivity (Wildman–Crippen MR) is 101 cm³/mol. The molecule has 2 aromatic carbocycles. The SMILES string of the molecule is CCOc1ccc(C(=O)N[C@H](C)c2cc(C)ccc2C)cc1OCC. The van der Waals surface area contributed by atoms with Crippen LogP contribution in [0.2, 0.25) is 0 Å². The standard InChI is InChI=1S/C21H27NO3/c1-6-24-19-11-10-17(13-20(19)25-7-2)21(23)22-16(5)18-12-14(3)8-9-15(18)4/h8-13,16H,6-7H2,1-5H3,(H,22,23)/t16-/m1/s1. The Labute approximate surface area is 150 Å². The summed E-state index contributed by atoms with van der Waals surface area (Å²) in [6.45, 7) is 11.0. The Bertz CT molecular complexity index is 740. The number of rotatable bonds is 7. The molecule has 0 aromatic heterocycles. The van der Waals surface area contributed by atoms with Gasteiger partial charge in [0.1, 0.15) is 0 Å². The van der Waals surface area contributed by atoms with Crippen LogP contribution in [-0.4, -0.2) is 19.1 Å². The Morgan fingerprint density at radius 1 is 1.00 bits per heavy atom. The second kappa shape index (κ2) is 8.56. The van der Waals surface area contributed by atoms with Gasteiger partial charge in [0.05, 0.1) is 19.3 Å². The van der Waals surface area contributed by atoms with E-state index in [1.165, 1.54) is 11.1 Å². The average Bonchev–Trinajstić information content (AvgIpc) is 2.58. The van der Waals surface area contributed by atoms with Crippen molar-refractivity contribution in [3.8, 4) is 11.5 Å². The minimum atomic E-state index is -0.127. The number of hydrogen-bond donors (Lipinski definition) is 1. The van der Waals surface area contributed by atoms with E-state index in [1.54, 1.807) is 18.2 Å². The van der Waals surface area contributed by atoms with E-state index in [4.69, 9.17) is 9.47 Å². The lowest BCUT2D eigenvalue weighted by atomic mass is 9.99. The number of benzene rings is 2. The van der Waals surface area contributed by atoms with E-state index in [0.29, 0.717) is 30.3 Å². The first-order chi connectivity index (χ1) is 12.0. The smallest absolute Gasteiger partial charge is 0.251 e. The van der Waals surface area contributed by atoms with Crippen molar-refractivity contribution in [3.05, 3.63) is 58.7 Å². The zero-order valence-corrected chi connectivity index (χ0v) is 15.7. The van der Waals surface area contributed by atoms with Gasteiger partial charge in [-0.1, -0.05) is 23.8 Å². The molecule has 0 spiro atoms. The van der Waals surface area contributed by atoms with E-state index in [1.807, 2.05) is 20.8 Å². The van der Waals surface area contributed by atoms with Gasteiger partial charge < -0.3 is 14.8 Å². The normalized spacial score (nSPS) is 11.7. The summed E-state index contributed by atoms with van der Waals surface area (Å²) in [6.07, 6.45) is 0. The summed E-state index contributed by atoms with van der Waals surface area (Å²) in [5.41, 5.74) is 4.04. The molecule has 1 atom stereocenters. The third kappa shape index (κ3) is 4.75. The fraction of sp³-hybridized carbons (Fsp3) is 0.381. The van der Waals surface area contributed by atoms with Crippen molar-refractivity contribution < 1.29 is 14.3 Å². The Kier molecular flexibility index (Phi) is 6.45. The number of amides is 1. The van der Waals surface area contributed by atoms with E-state index in [2.05, 4.69) is 37.4 Å². The van der Waals surface area contributed by atoms with Crippen molar-refractivity contribution in [1.29, 1.82) is 0 Å². The molecule has 0 saturated carbocycles. The van der Waals surface area contributed by atoms with Gasteiger partial charge in [-0.2, -0.15) is 0 Å². The molecule has 1 N–H and O–H groups in total. The van der Waals surface area contributed by atoms with Gasteiger partial charge in [-0.15, -0.1) is 0 Å². The highest BCUT2D eigenvalue weighted by atomic mass is 16.5. The number of carbonyl (C=O) groups is 1. The number of nitrogens with one attached hydrogen (secondary N) is 1. The topological polar surface area (TPSA) is 47.6 Å². The van der Waals surface area contributed by atoms with Gasteiger partial charge in [0.25, 0.3) is 5.91 Å². The molecule has 0 heterocycles. The summed E-state index contributed by atoms with van der Waals surface area (Å²) in [4.78, 5) is 12.6. The molecule has 0 bridgehead atoms. The molecule has 0 fully saturated rings. The van der Waals surface area contributed by atoms with Crippen LogP contribution in [0, 0.1) is 13.8 Å². The molecule has 0 aliphatic rings. The molecular weight excluding hydrogens is 314 g/mol. The van der Waals surface area contributed by atoms with Gasteiger partial charge in [-0.05, 0) is 63.9 Å². The van der Waals surface area contributed by atoms with E-state index < -0.39 is 0 Å². The lowest BCUT2D eigenvalue weighted by Crippen LogP contribution is -2.27. The summed E-state index contributed by atoms with van der Waals surface area (Å²) >= 11 is 0. The fourth-order valence-electron chi connectivity index (χ4n) is 2.78. The van der Waals surface area contributed by atoms with Crippen LogP contribution in [0.1, 0.15) is 53.9 Å². The second-order valence-electron chi connectivity index (χ2n) is 6.08. The van der Waals surface area contributed by atoms with Crippen molar-refractivity contribution in [2.24, 2.45) is 0 Å². The second-order valence-corrected chi connectivity index (χ2v) is 6.08. The third-order valence-corrected chi connectivity index (χ3v) is 4.05. The zero-order valence-electron chi connectivity index (χ0n) is 15.7. The monoisotopic (exact) mass is 341 g/mol. The molecular formula is C21H27NO3. The van der Waals surface area contributed by atoms with E-state index in [0.717, 1.165) is 5.56 Å². The Balaban J connectivity index is 2.19. The first-order valence-electron chi connectivity index (χ1n) is 8.73. The van der Waals surface area contributed by atoms with Crippen LogP contribution in [0.4, 0.5) is 0 Å². The molecule has 0 aliphatic carbocycles. The molecule has 0 aliphatic heterocycles. The van der Waals surface area contributed by atoms with Crippen molar-refractivity contribution in [1.82, 2.24) is 5.32 Å². The minimum absolute atomic E-state index is 0.0745. The molecule has 134 valence electrons. The molecule has 25 heavy (non-hydrogen) atoms. The highest BCUT2D eigenvalue weighted by molar-refractivity contribution is 5.95. The van der Waals surface area contributed by atoms with Gasteiger partial charge in [0, 0.05) is 5.56 Å². The van der Waals surface area contributed by atoms with Crippen LogP contribution in [0.25, 0.3) is 0 Å². The van der Waals surface area contributed by atoms with Crippen LogP contribution in [0.5, 0.6) is 11.5 Å².